The van der Waals surface area contributed by atoms with Gasteiger partial charge in [-0.25, -0.2) is 0 Å². The second-order valence-corrected chi connectivity index (χ2v) is 6.05. The van der Waals surface area contributed by atoms with Crippen molar-refractivity contribution in [3.8, 4) is 5.75 Å². The highest BCUT2D eigenvalue weighted by Gasteiger charge is 2.32. The molecule has 1 aliphatic rings. The molecule has 2 unspecified atom stereocenters. The summed E-state index contributed by atoms with van der Waals surface area (Å²) in [5, 5.41) is 21.3. The molecule has 1 fully saturated rings. The summed E-state index contributed by atoms with van der Waals surface area (Å²) in [6.45, 7) is 2.67. The molecule has 3 rings (SSSR count). The van der Waals surface area contributed by atoms with Crippen molar-refractivity contribution in [1.29, 1.82) is 0 Å². The zero-order valence-corrected chi connectivity index (χ0v) is 12.9. The van der Waals surface area contributed by atoms with Gasteiger partial charge in [-0.3, -0.25) is 4.90 Å². The van der Waals surface area contributed by atoms with Crippen LogP contribution in [0.4, 0.5) is 0 Å². The molecular formula is C18H23NO3. The number of rotatable bonds is 5. The van der Waals surface area contributed by atoms with Crippen molar-refractivity contribution in [2.45, 2.75) is 6.54 Å². The van der Waals surface area contributed by atoms with Gasteiger partial charge in [-0.1, -0.05) is 30.3 Å². The van der Waals surface area contributed by atoms with Gasteiger partial charge in [-0.15, -0.1) is 0 Å². The van der Waals surface area contributed by atoms with E-state index in [1.54, 1.807) is 7.11 Å². The summed E-state index contributed by atoms with van der Waals surface area (Å²) in [6.07, 6.45) is 0. The van der Waals surface area contributed by atoms with Crippen LogP contribution in [0.15, 0.2) is 36.4 Å². The number of benzene rings is 2. The quantitative estimate of drug-likeness (QED) is 0.885. The molecule has 0 aliphatic carbocycles. The lowest BCUT2D eigenvalue weighted by Gasteiger charge is -2.19. The Morgan fingerprint density at radius 2 is 1.73 bits per heavy atom. The van der Waals surface area contributed by atoms with E-state index >= 15 is 0 Å². The number of aliphatic hydroxyl groups is 2. The van der Waals surface area contributed by atoms with Gasteiger partial charge < -0.3 is 14.9 Å². The second-order valence-electron chi connectivity index (χ2n) is 6.05. The highest BCUT2D eigenvalue weighted by atomic mass is 16.5. The molecule has 0 aromatic heterocycles. The number of methoxy groups -OCH3 is 1. The molecule has 118 valence electrons. The van der Waals surface area contributed by atoms with Crippen molar-refractivity contribution < 1.29 is 14.9 Å². The molecule has 0 saturated carbocycles. The van der Waals surface area contributed by atoms with E-state index in [2.05, 4.69) is 23.1 Å². The molecule has 0 amide bonds. The van der Waals surface area contributed by atoms with Gasteiger partial charge in [0.25, 0.3) is 0 Å². The maximum absolute atomic E-state index is 9.46. The predicted octanol–water partition coefficient (Wildman–Crippen LogP) is 1.88. The first-order valence-electron chi connectivity index (χ1n) is 7.75. The van der Waals surface area contributed by atoms with Gasteiger partial charge in [-0.05, 0) is 16.8 Å². The largest absolute Gasteiger partial charge is 0.496 e. The summed E-state index contributed by atoms with van der Waals surface area (Å²) >= 11 is 0. The molecule has 4 nitrogen and oxygen atoms in total. The summed E-state index contributed by atoms with van der Waals surface area (Å²) in [5.41, 5.74) is 1.18. The van der Waals surface area contributed by atoms with E-state index in [1.807, 2.05) is 18.2 Å². The van der Waals surface area contributed by atoms with Crippen molar-refractivity contribution in [3.05, 3.63) is 42.0 Å². The number of likely N-dealkylation sites (tertiary alicyclic amines) is 1. The molecule has 0 bridgehead atoms. The van der Waals surface area contributed by atoms with Gasteiger partial charge in [0, 0.05) is 50.2 Å². The summed E-state index contributed by atoms with van der Waals surface area (Å²) in [7, 11) is 1.70. The predicted molar refractivity (Wildman–Crippen MR) is 86.9 cm³/mol. The van der Waals surface area contributed by atoms with Crippen molar-refractivity contribution in [2.24, 2.45) is 11.8 Å². The van der Waals surface area contributed by atoms with Gasteiger partial charge >= 0.3 is 0 Å². The van der Waals surface area contributed by atoms with Crippen molar-refractivity contribution in [3.63, 3.8) is 0 Å². The Kier molecular flexibility index (Phi) is 4.62. The fraction of sp³-hybridized carbons (Fsp3) is 0.444. The number of hydrogen-bond donors (Lipinski definition) is 2. The minimum Gasteiger partial charge on any atom is -0.496 e. The fourth-order valence-corrected chi connectivity index (χ4v) is 3.47. The number of hydrogen-bond acceptors (Lipinski definition) is 4. The van der Waals surface area contributed by atoms with Crippen LogP contribution in [-0.2, 0) is 6.54 Å². The van der Waals surface area contributed by atoms with E-state index in [0.717, 1.165) is 25.4 Å². The van der Waals surface area contributed by atoms with Gasteiger partial charge in [0.2, 0.25) is 0 Å². The molecule has 2 atom stereocenters. The van der Waals surface area contributed by atoms with E-state index in [0.29, 0.717) is 0 Å². The lowest BCUT2D eigenvalue weighted by Crippen LogP contribution is -2.21. The Balaban J connectivity index is 1.90. The summed E-state index contributed by atoms with van der Waals surface area (Å²) in [5.74, 6) is 1.21. The van der Waals surface area contributed by atoms with Crippen LogP contribution in [0.3, 0.4) is 0 Å². The SMILES string of the molecule is COc1ccc2ccccc2c1CN1CC(CO)C(CO)C1. The van der Waals surface area contributed by atoms with E-state index in [4.69, 9.17) is 4.74 Å². The standard InChI is InChI=1S/C18H23NO3/c1-22-18-7-6-13-4-2-3-5-16(13)17(18)10-19-8-14(11-20)15(9-19)12-21/h2-7,14-15,20-21H,8-12H2,1H3. The summed E-state index contributed by atoms with van der Waals surface area (Å²) < 4.78 is 5.54. The number of aliphatic hydroxyl groups excluding tert-OH is 2. The molecular weight excluding hydrogens is 278 g/mol. The maximum atomic E-state index is 9.46. The minimum absolute atomic E-state index is 0.133. The van der Waals surface area contributed by atoms with Crippen molar-refractivity contribution in [2.75, 3.05) is 33.4 Å². The smallest absolute Gasteiger partial charge is 0.123 e. The molecule has 1 aliphatic heterocycles. The van der Waals surface area contributed by atoms with Crippen LogP contribution < -0.4 is 4.74 Å². The average molecular weight is 301 g/mol. The normalized spacial score (nSPS) is 22.3. The Hall–Kier alpha value is -1.62. The number of fused-ring (bicyclic) bond motifs is 1. The van der Waals surface area contributed by atoms with Crippen LogP contribution in [0.1, 0.15) is 5.56 Å². The first-order valence-corrected chi connectivity index (χ1v) is 7.75. The monoisotopic (exact) mass is 301 g/mol. The second kappa shape index (κ2) is 6.65. The third kappa shape index (κ3) is 2.82. The average Bonchev–Trinajstić information content (AvgIpc) is 2.97. The number of nitrogens with zero attached hydrogens (tertiary/aromatic N) is 1. The molecule has 1 heterocycles. The Morgan fingerprint density at radius 3 is 2.36 bits per heavy atom. The van der Waals surface area contributed by atoms with Crippen LogP contribution in [0.25, 0.3) is 10.8 Å². The van der Waals surface area contributed by atoms with Crippen LogP contribution in [0, 0.1) is 11.8 Å². The van der Waals surface area contributed by atoms with Crippen molar-refractivity contribution >= 4 is 10.8 Å². The lowest BCUT2D eigenvalue weighted by atomic mass is 9.98. The van der Waals surface area contributed by atoms with Gasteiger partial charge in [0.05, 0.1) is 7.11 Å². The zero-order valence-electron chi connectivity index (χ0n) is 12.9. The van der Waals surface area contributed by atoms with Gasteiger partial charge in [0.15, 0.2) is 0 Å². The van der Waals surface area contributed by atoms with Crippen LogP contribution >= 0.6 is 0 Å². The highest BCUT2D eigenvalue weighted by Crippen LogP contribution is 2.32. The van der Waals surface area contributed by atoms with Crippen LogP contribution in [0.5, 0.6) is 5.75 Å². The molecule has 1 saturated heterocycles. The van der Waals surface area contributed by atoms with E-state index in [1.165, 1.54) is 16.3 Å². The molecule has 4 heteroatoms. The molecule has 0 radical (unpaired) electrons. The zero-order chi connectivity index (χ0) is 15.5. The van der Waals surface area contributed by atoms with Gasteiger partial charge in [-0.2, -0.15) is 0 Å². The molecule has 2 N–H and O–H groups in total. The van der Waals surface area contributed by atoms with Crippen LogP contribution in [0.2, 0.25) is 0 Å². The van der Waals surface area contributed by atoms with E-state index < -0.39 is 0 Å². The van der Waals surface area contributed by atoms with Crippen LogP contribution in [-0.4, -0.2) is 48.5 Å². The molecule has 22 heavy (non-hydrogen) atoms. The van der Waals surface area contributed by atoms with Crippen molar-refractivity contribution in [1.82, 2.24) is 4.90 Å². The first-order chi connectivity index (χ1) is 10.8. The Morgan fingerprint density at radius 1 is 1.05 bits per heavy atom. The third-order valence-electron chi connectivity index (χ3n) is 4.72. The minimum atomic E-state index is 0.133. The van der Waals surface area contributed by atoms with E-state index in [9.17, 15) is 10.2 Å². The topological polar surface area (TPSA) is 52.9 Å². The first kappa shape index (κ1) is 15.3. The Bertz CT molecular complexity index is 631. The third-order valence-corrected chi connectivity index (χ3v) is 4.72. The maximum Gasteiger partial charge on any atom is 0.123 e. The molecule has 2 aromatic rings. The molecule has 2 aromatic carbocycles. The summed E-state index contributed by atoms with van der Waals surface area (Å²) in [4.78, 5) is 2.30. The lowest BCUT2D eigenvalue weighted by molar-refractivity contribution is 0.152. The number of ether oxygens (including phenoxy) is 1. The van der Waals surface area contributed by atoms with Gasteiger partial charge in [0.1, 0.15) is 5.75 Å². The Labute approximate surface area is 130 Å². The highest BCUT2D eigenvalue weighted by molar-refractivity contribution is 5.87. The fourth-order valence-electron chi connectivity index (χ4n) is 3.47. The molecule has 0 spiro atoms. The summed E-state index contributed by atoms with van der Waals surface area (Å²) in [6, 6.07) is 12.4. The van der Waals surface area contributed by atoms with E-state index in [-0.39, 0.29) is 25.0 Å².